The lowest BCUT2D eigenvalue weighted by Gasteiger charge is -2.06. The summed E-state index contributed by atoms with van der Waals surface area (Å²) in [6.45, 7) is 2.99. The van der Waals surface area contributed by atoms with Crippen LogP contribution < -0.4 is 5.32 Å². The molecule has 1 aliphatic heterocycles. The summed E-state index contributed by atoms with van der Waals surface area (Å²) < 4.78 is 2.12. The molecular formula is C10H10Br2N2. The molecule has 0 aromatic heterocycles. The van der Waals surface area contributed by atoms with Gasteiger partial charge in [0.25, 0.3) is 0 Å². The Balaban J connectivity index is 2.33. The molecule has 74 valence electrons. The summed E-state index contributed by atoms with van der Waals surface area (Å²) >= 11 is 6.92. The highest BCUT2D eigenvalue weighted by Crippen LogP contribution is 2.21. The molecule has 0 radical (unpaired) electrons. The van der Waals surface area contributed by atoms with E-state index < -0.39 is 0 Å². The van der Waals surface area contributed by atoms with Crippen LogP contribution in [-0.4, -0.2) is 18.4 Å². The number of aliphatic imine (C=N–C) groups is 1. The van der Waals surface area contributed by atoms with Crippen molar-refractivity contribution < 1.29 is 0 Å². The Morgan fingerprint density at radius 1 is 1.29 bits per heavy atom. The van der Waals surface area contributed by atoms with Gasteiger partial charge in [-0.15, -0.1) is 0 Å². The summed E-state index contributed by atoms with van der Waals surface area (Å²) in [5.41, 5.74) is 1.12. The number of hydrogen-bond acceptors (Lipinski definition) is 2. The Morgan fingerprint density at radius 2 is 1.93 bits per heavy atom. The molecule has 1 aromatic carbocycles. The molecule has 0 fully saturated rings. The van der Waals surface area contributed by atoms with E-state index in [1.807, 2.05) is 6.07 Å². The van der Waals surface area contributed by atoms with Crippen molar-refractivity contribution >= 4 is 37.7 Å². The van der Waals surface area contributed by atoms with E-state index in [0.29, 0.717) is 6.04 Å². The van der Waals surface area contributed by atoms with Gasteiger partial charge in [0.05, 0.1) is 6.54 Å². The van der Waals surface area contributed by atoms with Crippen LogP contribution in [0.15, 0.2) is 32.1 Å². The maximum absolute atomic E-state index is 4.43. The number of hydrogen-bond donors (Lipinski definition) is 1. The standard InChI is InChI=1S/C10H10Br2N2/c1-6-5-13-10(14-6)7-2-8(11)4-9(12)3-7/h2-4,6H,5H2,1H3,(H,13,14). The summed E-state index contributed by atoms with van der Waals surface area (Å²) in [6, 6.07) is 6.59. The molecule has 0 aliphatic carbocycles. The van der Waals surface area contributed by atoms with E-state index in [-0.39, 0.29) is 0 Å². The van der Waals surface area contributed by atoms with Gasteiger partial charge >= 0.3 is 0 Å². The van der Waals surface area contributed by atoms with Gasteiger partial charge in [-0.2, -0.15) is 0 Å². The first-order chi connectivity index (χ1) is 6.65. The predicted molar refractivity (Wildman–Crippen MR) is 65.8 cm³/mol. The zero-order valence-electron chi connectivity index (χ0n) is 7.72. The lowest BCUT2D eigenvalue weighted by Crippen LogP contribution is -2.27. The fourth-order valence-corrected chi connectivity index (χ4v) is 2.71. The number of nitrogens with one attached hydrogen (secondary N) is 1. The second kappa shape index (κ2) is 4.03. The van der Waals surface area contributed by atoms with Crippen LogP contribution in [0.2, 0.25) is 0 Å². The number of nitrogens with zero attached hydrogens (tertiary/aromatic N) is 1. The second-order valence-electron chi connectivity index (χ2n) is 3.39. The van der Waals surface area contributed by atoms with Crippen molar-refractivity contribution in [3.8, 4) is 0 Å². The first kappa shape index (κ1) is 10.2. The Bertz CT molecular complexity index is 367. The maximum atomic E-state index is 4.43. The van der Waals surface area contributed by atoms with Crippen molar-refractivity contribution in [2.45, 2.75) is 13.0 Å². The SMILES string of the molecule is CC1CN=C(c2cc(Br)cc(Br)c2)N1. The molecule has 2 rings (SSSR count). The van der Waals surface area contributed by atoms with Gasteiger partial charge in [-0.3, -0.25) is 4.99 Å². The summed E-state index contributed by atoms with van der Waals surface area (Å²) in [5, 5.41) is 3.33. The van der Waals surface area contributed by atoms with Crippen molar-refractivity contribution in [2.75, 3.05) is 6.54 Å². The minimum atomic E-state index is 0.447. The van der Waals surface area contributed by atoms with Crippen LogP contribution in [0.3, 0.4) is 0 Å². The Hall–Kier alpha value is -0.350. The summed E-state index contributed by atoms with van der Waals surface area (Å²) in [7, 11) is 0. The van der Waals surface area contributed by atoms with Gasteiger partial charge in [0, 0.05) is 20.6 Å². The molecule has 0 spiro atoms. The topological polar surface area (TPSA) is 24.4 Å². The molecule has 4 heteroatoms. The molecule has 0 bridgehead atoms. The van der Waals surface area contributed by atoms with E-state index in [9.17, 15) is 0 Å². The van der Waals surface area contributed by atoms with E-state index in [1.165, 1.54) is 0 Å². The highest BCUT2D eigenvalue weighted by Gasteiger charge is 2.14. The molecule has 0 saturated carbocycles. The molecular weight excluding hydrogens is 308 g/mol. The lowest BCUT2D eigenvalue weighted by molar-refractivity contribution is 0.726. The molecule has 1 aromatic rings. The van der Waals surface area contributed by atoms with Gasteiger partial charge in [0.1, 0.15) is 5.84 Å². The second-order valence-corrected chi connectivity index (χ2v) is 5.22. The van der Waals surface area contributed by atoms with Crippen molar-refractivity contribution in [1.82, 2.24) is 5.32 Å². The van der Waals surface area contributed by atoms with Gasteiger partial charge in [-0.25, -0.2) is 0 Å². The molecule has 1 heterocycles. The highest BCUT2D eigenvalue weighted by atomic mass is 79.9. The van der Waals surface area contributed by atoms with Crippen molar-refractivity contribution in [2.24, 2.45) is 4.99 Å². The quantitative estimate of drug-likeness (QED) is 0.846. The van der Waals surface area contributed by atoms with Gasteiger partial charge in [-0.1, -0.05) is 31.9 Å². The van der Waals surface area contributed by atoms with Crippen LogP contribution in [-0.2, 0) is 0 Å². The Morgan fingerprint density at radius 3 is 2.43 bits per heavy atom. The van der Waals surface area contributed by atoms with Gasteiger partial charge in [0.15, 0.2) is 0 Å². The van der Waals surface area contributed by atoms with E-state index >= 15 is 0 Å². The third-order valence-corrected chi connectivity index (χ3v) is 2.96. The number of amidine groups is 1. The Labute approximate surface area is 100 Å². The molecule has 0 saturated heterocycles. The largest absolute Gasteiger partial charge is 0.366 e. The molecule has 1 N–H and O–H groups in total. The first-order valence-electron chi connectivity index (χ1n) is 4.42. The van der Waals surface area contributed by atoms with Gasteiger partial charge in [0.2, 0.25) is 0 Å². The van der Waals surface area contributed by atoms with Gasteiger partial charge < -0.3 is 5.32 Å². The zero-order valence-corrected chi connectivity index (χ0v) is 10.9. The maximum Gasteiger partial charge on any atom is 0.128 e. The average molecular weight is 318 g/mol. The van der Waals surface area contributed by atoms with Gasteiger partial charge in [-0.05, 0) is 25.1 Å². The smallest absolute Gasteiger partial charge is 0.128 e. The molecule has 1 unspecified atom stereocenters. The molecule has 0 amide bonds. The predicted octanol–water partition coefficient (Wildman–Crippen LogP) is 2.95. The molecule has 2 nitrogen and oxygen atoms in total. The fourth-order valence-electron chi connectivity index (χ4n) is 1.42. The van der Waals surface area contributed by atoms with Crippen LogP contribution in [0.25, 0.3) is 0 Å². The summed E-state index contributed by atoms with van der Waals surface area (Å²) in [4.78, 5) is 4.43. The third kappa shape index (κ3) is 2.17. The Kier molecular flexibility index (Phi) is 2.93. The normalized spacial score (nSPS) is 20.5. The molecule has 14 heavy (non-hydrogen) atoms. The number of halogens is 2. The summed E-state index contributed by atoms with van der Waals surface area (Å²) in [5.74, 6) is 0.986. The van der Waals surface area contributed by atoms with E-state index in [1.54, 1.807) is 0 Å². The van der Waals surface area contributed by atoms with Crippen molar-refractivity contribution in [1.29, 1.82) is 0 Å². The van der Waals surface area contributed by atoms with E-state index in [2.05, 4.69) is 61.2 Å². The average Bonchev–Trinajstić information content (AvgIpc) is 2.50. The van der Waals surface area contributed by atoms with Crippen molar-refractivity contribution in [3.05, 3.63) is 32.7 Å². The van der Waals surface area contributed by atoms with E-state index in [0.717, 1.165) is 26.9 Å². The van der Waals surface area contributed by atoms with Crippen LogP contribution in [0.1, 0.15) is 12.5 Å². The number of benzene rings is 1. The van der Waals surface area contributed by atoms with Crippen LogP contribution in [0, 0.1) is 0 Å². The van der Waals surface area contributed by atoms with Crippen LogP contribution in [0.5, 0.6) is 0 Å². The monoisotopic (exact) mass is 316 g/mol. The van der Waals surface area contributed by atoms with Crippen LogP contribution in [0.4, 0.5) is 0 Å². The molecule has 1 aliphatic rings. The third-order valence-electron chi connectivity index (χ3n) is 2.04. The van der Waals surface area contributed by atoms with Crippen LogP contribution >= 0.6 is 31.9 Å². The zero-order chi connectivity index (χ0) is 10.1. The minimum Gasteiger partial charge on any atom is -0.366 e. The van der Waals surface area contributed by atoms with Crippen molar-refractivity contribution in [3.63, 3.8) is 0 Å². The van der Waals surface area contributed by atoms with E-state index in [4.69, 9.17) is 0 Å². The first-order valence-corrected chi connectivity index (χ1v) is 6.01. The fraction of sp³-hybridized carbons (Fsp3) is 0.300. The minimum absolute atomic E-state index is 0.447. The number of rotatable bonds is 1. The molecule has 1 atom stereocenters. The highest BCUT2D eigenvalue weighted by molar-refractivity contribution is 9.11. The lowest BCUT2D eigenvalue weighted by atomic mass is 10.2. The summed E-state index contributed by atoms with van der Waals surface area (Å²) in [6.07, 6.45) is 0.